The molecular weight excluding hydrogens is 1100 g/mol. The van der Waals surface area contributed by atoms with Gasteiger partial charge in [-0.25, -0.2) is 0 Å². The van der Waals surface area contributed by atoms with Crippen LogP contribution in [0.25, 0.3) is 0 Å². The van der Waals surface area contributed by atoms with Crippen LogP contribution in [0.5, 0.6) is 0 Å². The molecule has 484 valence electrons. The lowest BCUT2D eigenvalue weighted by molar-refractivity contribution is -0.357. The smallest absolute Gasteiger partial charge is 0.309 e. The standard InChI is InChI=1S/C61H102O23/c1-15-28(2)56(67)78-34(8)60(68)20-21-61(69)38-17-16-36-22-37(18-19-58(36,10)39(38)23-44(59(60,61)11)79-35(9)62)80-45-24-40(63)51(30(4)73-45)81-46-25-41(64)52(31(5)74-46)82-47-26-42(70-12)53(32(6)75-47)83-48-27-43(71-13)54(33(7)76-48)84-57-50(66)55(72-14)49(65)29(3)77-57/h28-34,36-55,57,63-66,68-69H,15-27H2,1-14H3/t28-,29-,30-,31-,32-,33-,34+,36+,37+,38-,39+,40+,41+,42-,43-,44-,45+,46+,47+,48+,49-,50-,51-,52-,53-,54-,55+,57+,58+,59-,60-,61+/m1/s1. The summed E-state index contributed by atoms with van der Waals surface area (Å²) in [4.78, 5) is 25.9. The molecule has 0 bridgehead atoms. The normalized spacial score (nSPS) is 51.4. The van der Waals surface area contributed by atoms with Gasteiger partial charge in [0.25, 0.3) is 0 Å². The van der Waals surface area contributed by atoms with Gasteiger partial charge in [-0.15, -0.1) is 0 Å². The summed E-state index contributed by atoms with van der Waals surface area (Å²) in [7, 11) is 4.55. The van der Waals surface area contributed by atoms with Crippen molar-refractivity contribution in [1.29, 1.82) is 0 Å². The van der Waals surface area contributed by atoms with Crippen molar-refractivity contribution in [1.82, 2.24) is 0 Å². The first kappa shape index (κ1) is 66.6. The molecule has 4 aliphatic carbocycles. The molecule has 0 radical (unpaired) electrons. The van der Waals surface area contributed by atoms with Crippen LogP contribution in [0.4, 0.5) is 0 Å². The number of hydrogen-bond acceptors (Lipinski definition) is 23. The molecule has 0 amide bonds. The van der Waals surface area contributed by atoms with E-state index in [1.54, 1.807) is 41.9 Å². The van der Waals surface area contributed by atoms with Crippen molar-refractivity contribution in [3.63, 3.8) is 0 Å². The van der Waals surface area contributed by atoms with Crippen molar-refractivity contribution >= 4 is 11.9 Å². The summed E-state index contributed by atoms with van der Waals surface area (Å²) in [6, 6.07) is 0. The van der Waals surface area contributed by atoms with Crippen molar-refractivity contribution in [2.75, 3.05) is 21.3 Å². The zero-order valence-electron chi connectivity index (χ0n) is 52.0. The van der Waals surface area contributed by atoms with E-state index in [4.69, 9.17) is 71.1 Å². The van der Waals surface area contributed by atoms with Gasteiger partial charge < -0.3 is 102 Å². The van der Waals surface area contributed by atoms with Crippen LogP contribution in [0.3, 0.4) is 0 Å². The molecular formula is C61H102O23. The monoisotopic (exact) mass is 1200 g/mol. The average Bonchev–Trinajstić information content (AvgIpc) is 1.40. The lowest BCUT2D eigenvalue weighted by atomic mass is 9.42. The highest BCUT2D eigenvalue weighted by molar-refractivity contribution is 5.72. The topological polar surface area (TPSA) is 294 Å². The Balaban J connectivity index is 0.740. The van der Waals surface area contributed by atoms with E-state index >= 15 is 0 Å². The molecule has 5 saturated heterocycles. The second-order valence-corrected chi connectivity index (χ2v) is 26.8. The first-order chi connectivity index (χ1) is 39.6. The quantitative estimate of drug-likeness (QED) is 0.0832. The molecule has 9 fully saturated rings. The molecule has 5 aliphatic heterocycles. The maximum absolute atomic E-state index is 13.1. The van der Waals surface area contributed by atoms with Gasteiger partial charge in [0.15, 0.2) is 31.5 Å². The first-order valence-electron chi connectivity index (χ1n) is 31.3. The predicted molar refractivity (Wildman–Crippen MR) is 295 cm³/mol. The van der Waals surface area contributed by atoms with E-state index in [0.29, 0.717) is 19.3 Å². The van der Waals surface area contributed by atoms with Gasteiger partial charge in [-0.1, -0.05) is 27.7 Å². The van der Waals surface area contributed by atoms with Crippen molar-refractivity contribution in [2.24, 2.45) is 34.5 Å². The van der Waals surface area contributed by atoms with Crippen LogP contribution in [-0.2, 0) is 80.6 Å². The summed E-state index contributed by atoms with van der Waals surface area (Å²) in [6.45, 7) is 19.8. The number of fused-ring (bicyclic) bond motifs is 5. The van der Waals surface area contributed by atoms with Crippen molar-refractivity contribution in [3.8, 4) is 0 Å². The number of methoxy groups -OCH3 is 3. The number of esters is 2. The molecule has 0 aromatic heterocycles. The SMILES string of the molecule is CC[C@@H](C)C(=O)O[C@@H](C)[C@]1(O)CC[C@]2(O)[C@@H]3CC[C@H]4C[C@@H](O[C@H]5C[C@H](O)[C@H](O[C@H]6C[C@H](O)[C@H](O[C@H]7C[C@@H](OC)[C@H](O[C@H]8C[C@@H](OC)[C@H](O[C@@H]9O[C@H](C)[C@@H](O)[C@H](OC)[C@H]9O)[C@@H](C)O8)[C@@H](C)O7)[C@@H](C)O6)[C@@H](C)O5)CC[C@]4(C)[C@H]3C[C@@H](OC(C)=O)[C@]12C. The molecule has 4 saturated carbocycles. The Hall–Kier alpha value is -1.82. The Kier molecular flexibility index (Phi) is 21.1. The second kappa shape index (κ2) is 26.6. The highest BCUT2D eigenvalue weighted by Gasteiger charge is 2.77. The van der Waals surface area contributed by atoms with E-state index in [1.165, 1.54) is 14.0 Å². The molecule has 0 aromatic rings. The van der Waals surface area contributed by atoms with Gasteiger partial charge in [-0.05, 0) is 122 Å². The number of hydrogen-bond donors (Lipinski definition) is 6. The highest BCUT2D eigenvalue weighted by atomic mass is 16.8. The fourth-order valence-corrected chi connectivity index (χ4v) is 16.8. The third-order valence-electron chi connectivity index (χ3n) is 22.1. The molecule has 0 aromatic carbocycles. The first-order valence-corrected chi connectivity index (χ1v) is 31.3. The molecule has 23 nitrogen and oxygen atoms in total. The van der Waals surface area contributed by atoms with Crippen LogP contribution < -0.4 is 0 Å². The minimum Gasteiger partial charge on any atom is -0.462 e. The minimum absolute atomic E-state index is 0.0133. The summed E-state index contributed by atoms with van der Waals surface area (Å²) in [6.07, 6.45) is -11.9. The van der Waals surface area contributed by atoms with E-state index in [0.717, 1.165) is 25.7 Å². The Bertz CT molecular complexity index is 2170. The van der Waals surface area contributed by atoms with E-state index in [-0.39, 0.29) is 73.7 Å². The van der Waals surface area contributed by atoms with E-state index in [1.807, 2.05) is 34.6 Å². The second-order valence-electron chi connectivity index (χ2n) is 26.8. The molecule has 32 atom stereocenters. The summed E-state index contributed by atoms with van der Waals surface area (Å²) >= 11 is 0. The third kappa shape index (κ3) is 12.5. The largest absolute Gasteiger partial charge is 0.462 e. The van der Waals surface area contributed by atoms with Gasteiger partial charge in [-0.2, -0.15) is 0 Å². The number of rotatable bonds is 18. The van der Waals surface area contributed by atoms with E-state index in [9.17, 15) is 40.2 Å². The van der Waals surface area contributed by atoms with Crippen molar-refractivity contribution in [2.45, 2.75) is 318 Å². The van der Waals surface area contributed by atoms with Gasteiger partial charge in [0, 0.05) is 53.9 Å². The zero-order chi connectivity index (χ0) is 61.1. The molecule has 9 rings (SSSR count). The van der Waals surface area contributed by atoms with Crippen LogP contribution in [0.15, 0.2) is 0 Å². The highest BCUT2D eigenvalue weighted by Crippen LogP contribution is 2.71. The number of carbonyl (C=O) groups is 2. The molecule has 6 N–H and O–H groups in total. The molecule has 9 aliphatic rings. The minimum atomic E-state index is -1.64. The Morgan fingerprint density at radius 3 is 1.62 bits per heavy atom. The average molecular weight is 1200 g/mol. The van der Waals surface area contributed by atoms with Crippen LogP contribution >= 0.6 is 0 Å². The number of aliphatic hydroxyl groups is 6. The summed E-state index contributed by atoms with van der Waals surface area (Å²) < 4.78 is 92.7. The lowest BCUT2D eigenvalue weighted by Crippen LogP contribution is -2.72. The molecule has 5 heterocycles. The van der Waals surface area contributed by atoms with Gasteiger partial charge >= 0.3 is 11.9 Å². The number of aliphatic hydroxyl groups excluding tert-OH is 4. The van der Waals surface area contributed by atoms with Crippen LogP contribution in [0.2, 0.25) is 0 Å². The summed E-state index contributed by atoms with van der Waals surface area (Å²) in [5.74, 6) is -1.21. The molecule has 0 spiro atoms. The number of ether oxygens (including phenoxy) is 15. The van der Waals surface area contributed by atoms with Crippen molar-refractivity contribution in [3.05, 3.63) is 0 Å². The Morgan fingerprint density at radius 1 is 0.571 bits per heavy atom. The van der Waals surface area contributed by atoms with Gasteiger partial charge in [0.2, 0.25) is 0 Å². The fraction of sp³-hybridized carbons (Fsp3) is 0.967. The fourth-order valence-electron chi connectivity index (χ4n) is 16.8. The Labute approximate surface area is 495 Å². The molecule has 84 heavy (non-hydrogen) atoms. The van der Waals surface area contributed by atoms with E-state index < -0.39 is 170 Å². The maximum atomic E-state index is 13.1. The van der Waals surface area contributed by atoms with Crippen molar-refractivity contribution < 1.29 is 111 Å². The molecule has 0 unspecified atom stereocenters. The summed E-state index contributed by atoms with van der Waals surface area (Å²) in [5, 5.41) is 70.3. The number of carbonyl (C=O) groups excluding carboxylic acids is 2. The maximum Gasteiger partial charge on any atom is 0.309 e. The lowest BCUT2D eigenvalue weighted by Gasteiger charge is -2.66. The van der Waals surface area contributed by atoms with Gasteiger partial charge in [0.1, 0.15) is 60.5 Å². The van der Waals surface area contributed by atoms with Gasteiger partial charge in [-0.3, -0.25) is 9.59 Å². The van der Waals surface area contributed by atoms with E-state index in [2.05, 4.69) is 6.92 Å². The third-order valence-corrected chi connectivity index (χ3v) is 22.1. The Morgan fingerprint density at radius 2 is 1.10 bits per heavy atom. The zero-order valence-corrected chi connectivity index (χ0v) is 52.0. The summed E-state index contributed by atoms with van der Waals surface area (Å²) in [5.41, 5.74) is -4.54. The van der Waals surface area contributed by atoms with Crippen LogP contribution in [0.1, 0.15) is 160 Å². The predicted octanol–water partition coefficient (Wildman–Crippen LogP) is 4.09. The van der Waals surface area contributed by atoms with Crippen LogP contribution in [-0.4, -0.2) is 223 Å². The van der Waals surface area contributed by atoms with Crippen LogP contribution in [0, 0.1) is 34.5 Å². The molecule has 23 heteroatoms. The van der Waals surface area contributed by atoms with Gasteiger partial charge in [0.05, 0.1) is 78.0 Å².